The molecular formula is C23H23N3O. The quantitative estimate of drug-likeness (QED) is 0.365. The Morgan fingerprint density at radius 3 is 2.33 bits per heavy atom. The Labute approximate surface area is 160 Å². The van der Waals surface area contributed by atoms with Gasteiger partial charge in [-0.2, -0.15) is 0 Å². The van der Waals surface area contributed by atoms with Gasteiger partial charge in [0.1, 0.15) is 12.3 Å². The van der Waals surface area contributed by atoms with Crippen molar-refractivity contribution in [2.75, 3.05) is 6.61 Å². The van der Waals surface area contributed by atoms with Gasteiger partial charge in [0.15, 0.2) is 0 Å². The van der Waals surface area contributed by atoms with Crippen LogP contribution in [0.5, 0.6) is 0 Å². The number of aromatic nitrogens is 2. The highest BCUT2D eigenvalue weighted by Crippen LogP contribution is 2.20. The standard InChI is InChI=1S/C23H23N3O/c1-3-22(26-17-16-24-18-26)23(25-27-4-2)21-14-12-20(13-15-21)11-10-19-8-6-5-7-9-19/h5-9,12-18,22H,3-4H2,1-2H3. The highest BCUT2D eigenvalue weighted by molar-refractivity contribution is 6.03. The van der Waals surface area contributed by atoms with Crippen molar-refractivity contribution in [3.05, 3.63) is 90.0 Å². The summed E-state index contributed by atoms with van der Waals surface area (Å²) in [6, 6.07) is 18.2. The van der Waals surface area contributed by atoms with E-state index in [1.165, 1.54) is 0 Å². The summed E-state index contributed by atoms with van der Waals surface area (Å²) in [4.78, 5) is 9.56. The molecule has 1 heterocycles. The summed E-state index contributed by atoms with van der Waals surface area (Å²) in [7, 11) is 0. The Hall–Kier alpha value is -3.32. The van der Waals surface area contributed by atoms with Crippen LogP contribution in [0.1, 0.15) is 43.0 Å². The molecule has 4 nitrogen and oxygen atoms in total. The van der Waals surface area contributed by atoms with Crippen molar-refractivity contribution in [2.45, 2.75) is 26.3 Å². The zero-order chi connectivity index (χ0) is 18.9. The smallest absolute Gasteiger partial charge is 0.114 e. The molecular weight excluding hydrogens is 334 g/mol. The first-order valence-corrected chi connectivity index (χ1v) is 9.16. The van der Waals surface area contributed by atoms with E-state index in [0.29, 0.717) is 6.61 Å². The number of rotatable bonds is 6. The van der Waals surface area contributed by atoms with E-state index in [0.717, 1.165) is 28.8 Å². The van der Waals surface area contributed by atoms with E-state index < -0.39 is 0 Å². The summed E-state index contributed by atoms with van der Waals surface area (Å²) in [5.74, 6) is 6.39. The molecule has 0 saturated carbocycles. The van der Waals surface area contributed by atoms with Crippen LogP contribution in [0.15, 0.2) is 78.5 Å². The Morgan fingerprint density at radius 1 is 1.04 bits per heavy atom. The molecule has 0 spiro atoms. The van der Waals surface area contributed by atoms with Crippen LogP contribution in [-0.4, -0.2) is 21.9 Å². The normalized spacial score (nSPS) is 12.1. The fourth-order valence-electron chi connectivity index (χ4n) is 2.83. The van der Waals surface area contributed by atoms with E-state index in [4.69, 9.17) is 4.84 Å². The third-order valence-corrected chi connectivity index (χ3v) is 4.18. The second-order valence-corrected chi connectivity index (χ2v) is 6.02. The van der Waals surface area contributed by atoms with Crippen molar-refractivity contribution >= 4 is 5.71 Å². The van der Waals surface area contributed by atoms with Crippen molar-refractivity contribution < 1.29 is 4.84 Å². The maximum Gasteiger partial charge on any atom is 0.114 e. The van der Waals surface area contributed by atoms with Crippen molar-refractivity contribution in [3.8, 4) is 11.8 Å². The largest absolute Gasteiger partial charge is 0.396 e. The molecule has 3 rings (SSSR count). The van der Waals surface area contributed by atoms with Gasteiger partial charge in [-0.15, -0.1) is 0 Å². The molecule has 1 unspecified atom stereocenters. The van der Waals surface area contributed by atoms with E-state index in [1.54, 1.807) is 6.20 Å². The van der Waals surface area contributed by atoms with E-state index in [1.807, 2.05) is 74.0 Å². The molecule has 0 N–H and O–H groups in total. The fraction of sp³-hybridized carbons (Fsp3) is 0.217. The minimum absolute atomic E-state index is 0.0697. The number of nitrogens with zero attached hydrogens (tertiary/aromatic N) is 3. The van der Waals surface area contributed by atoms with Crippen LogP contribution in [0.3, 0.4) is 0 Å². The SMILES string of the molecule is CCON=C(c1ccc(C#Cc2ccccc2)cc1)C(CC)n1ccnc1. The van der Waals surface area contributed by atoms with E-state index in [9.17, 15) is 0 Å². The first kappa shape index (κ1) is 18.5. The van der Waals surface area contributed by atoms with Gasteiger partial charge in [0.05, 0.1) is 12.4 Å². The second-order valence-electron chi connectivity index (χ2n) is 6.02. The molecule has 136 valence electrons. The summed E-state index contributed by atoms with van der Waals surface area (Å²) in [6.07, 6.45) is 6.44. The average Bonchev–Trinajstić information content (AvgIpc) is 3.25. The van der Waals surface area contributed by atoms with Crippen molar-refractivity contribution in [1.29, 1.82) is 0 Å². The van der Waals surface area contributed by atoms with Crippen LogP contribution in [0, 0.1) is 11.8 Å². The zero-order valence-electron chi connectivity index (χ0n) is 15.7. The van der Waals surface area contributed by atoms with Crippen LogP contribution in [0.2, 0.25) is 0 Å². The molecule has 27 heavy (non-hydrogen) atoms. The molecule has 0 radical (unpaired) electrons. The molecule has 0 aliphatic rings. The predicted molar refractivity (Wildman–Crippen MR) is 109 cm³/mol. The molecule has 0 saturated heterocycles. The summed E-state index contributed by atoms with van der Waals surface area (Å²) in [5.41, 5.74) is 3.88. The summed E-state index contributed by atoms with van der Waals surface area (Å²) in [5, 5.41) is 4.39. The number of imidazole rings is 1. The Morgan fingerprint density at radius 2 is 1.74 bits per heavy atom. The molecule has 0 aliphatic carbocycles. The minimum atomic E-state index is 0.0697. The van der Waals surface area contributed by atoms with Gasteiger partial charge in [0.25, 0.3) is 0 Å². The lowest BCUT2D eigenvalue weighted by molar-refractivity contribution is 0.157. The zero-order valence-corrected chi connectivity index (χ0v) is 15.7. The Balaban J connectivity index is 1.86. The summed E-state index contributed by atoms with van der Waals surface area (Å²) < 4.78 is 2.06. The first-order chi connectivity index (χ1) is 13.3. The highest BCUT2D eigenvalue weighted by atomic mass is 16.6. The maximum absolute atomic E-state index is 5.39. The van der Waals surface area contributed by atoms with Crippen LogP contribution < -0.4 is 0 Å². The molecule has 0 aliphatic heterocycles. The van der Waals surface area contributed by atoms with Crippen LogP contribution >= 0.6 is 0 Å². The van der Waals surface area contributed by atoms with E-state index >= 15 is 0 Å². The van der Waals surface area contributed by atoms with Crippen LogP contribution in [-0.2, 0) is 4.84 Å². The Bertz CT molecular complexity index is 917. The van der Waals surface area contributed by atoms with Gasteiger partial charge in [-0.1, -0.05) is 54.3 Å². The molecule has 0 fully saturated rings. The van der Waals surface area contributed by atoms with Crippen molar-refractivity contribution in [2.24, 2.45) is 5.16 Å². The summed E-state index contributed by atoms with van der Waals surface area (Å²) in [6.45, 7) is 4.60. The molecule has 0 bridgehead atoms. The van der Waals surface area contributed by atoms with Gasteiger partial charge >= 0.3 is 0 Å². The van der Waals surface area contributed by atoms with Crippen LogP contribution in [0.25, 0.3) is 0 Å². The Kier molecular flexibility index (Phi) is 6.43. The van der Waals surface area contributed by atoms with Gasteiger partial charge in [0.2, 0.25) is 0 Å². The fourth-order valence-corrected chi connectivity index (χ4v) is 2.83. The summed E-state index contributed by atoms with van der Waals surface area (Å²) >= 11 is 0. The average molecular weight is 357 g/mol. The molecule has 0 amide bonds. The molecule has 4 heteroatoms. The highest BCUT2D eigenvalue weighted by Gasteiger charge is 2.18. The van der Waals surface area contributed by atoms with Gasteiger partial charge in [0, 0.05) is 29.1 Å². The van der Waals surface area contributed by atoms with Gasteiger partial charge < -0.3 is 9.40 Å². The van der Waals surface area contributed by atoms with Crippen molar-refractivity contribution in [1.82, 2.24) is 9.55 Å². The third kappa shape index (κ3) is 4.86. The lowest BCUT2D eigenvalue weighted by Gasteiger charge is -2.19. The minimum Gasteiger partial charge on any atom is -0.396 e. The molecule has 1 aromatic heterocycles. The third-order valence-electron chi connectivity index (χ3n) is 4.18. The number of oxime groups is 1. The van der Waals surface area contributed by atoms with E-state index in [2.05, 4.69) is 33.5 Å². The van der Waals surface area contributed by atoms with Crippen molar-refractivity contribution in [3.63, 3.8) is 0 Å². The monoisotopic (exact) mass is 357 g/mol. The first-order valence-electron chi connectivity index (χ1n) is 9.16. The molecule has 1 atom stereocenters. The lowest BCUT2D eigenvalue weighted by atomic mass is 10.00. The lowest BCUT2D eigenvalue weighted by Crippen LogP contribution is -2.19. The second kappa shape index (κ2) is 9.40. The topological polar surface area (TPSA) is 39.4 Å². The van der Waals surface area contributed by atoms with Gasteiger partial charge in [-0.25, -0.2) is 4.98 Å². The number of benzene rings is 2. The van der Waals surface area contributed by atoms with Gasteiger partial charge in [-0.3, -0.25) is 0 Å². The predicted octanol–water partition coefficient (Wildman–Crippen LogP) is 4.67. The number of hydrogen-bond acceptors (Lipinski definition) is 3. The van der Waals surface area contributed by atoms with Gasteiger partial charge in [-0.05, 0) is 37.6 Å². The molecule has 3 aromatic rings. The van der Waals surface area contributed by atoms with E-state index in [-0.39, 0.29) is 6.04 Å². The molecule has 2 aromatic carbocycles. The van der Waals surface area contributed by atoms with Crippen LogP contribution in [0.4, 0.5) is 0 Å². The number of hydrogen-bond donors (Lipinski definition) is 0. The maximum atomic E-state index is 5.39.